The number of aromatic nitrogens is 1. The number of pyridine rings is 1. The van der Waals surface area contributed by atoms with Crippen LogP contribution in [0, 0.1) is 6.92 Å². The van der Waals surface area contributed by atoms with Crippen molar-refractivity contribution in [3.8, 4) is 0 Å². The molecule has 1 aromatic heterocycles. The third-order valence-electron chi connectivity index (χ3n) is 3.99. The first-order valence-corrected chi connectivity index (χ1v) is 7.41. The van der Waals surface area contributed by atoms with Crippen molar-refractivity contribution in [1.82, 2.24) is 4.98 Å². The van der Waals surface area contributed by atoms with E-state index in [0.717, 1.165) is 24.1 Å². The van der Waals surface area contributed by atoms with Crippen molar-refractivity contribution in [3.63, 3.8) is 0 Å². The van der Waals surface area contributed by atoms with Gasteiger partial charge in [-0.15, -0.1) is 0 Å². The Balaban J connectivity index is 1.95. The van der Waals surface area contributed by atoms with Crippen LogP contribution in [0.3, 0.4) is 0 Å². The molecule has 1 aromatic rings. The van der Waals surface area contributed by atoms with E-state index in [4.69, 9.17) is 0 Å². The van der Waals surface area contributed by atoms with Crippen molar-refractivity contribution in [2.75, 3.05) is 0 Å². The number of nitrogens with zero attached hydrogens (tertiary/aromatic N) is 1. The molecule has 0 aromatic carbocycles. The first-order valence-electron chi connectivity index (χ1n) is 6.13. The number of rotatable bonds is 1. The monoisotopic (exact) mass is 251 g/mol. The molecular weight excluding hydrogens is 234 g/mol. The maximum absolute atomic E-state index is 12.0. The van der Waals surface area contributed by atoms with E-state index in [-0.39, 0.29) is 10.5 Å². The second kappa shape index (κ2) is 3.89. The van der Waals surface area contributed by atoms with Crippen LogP contribution in [0.5, 0.6) is 0 Å². The lowest BCUT2D eigenvalue weighted by molar-refractivity contribution is 0.0141. The molecule has 2 atom stereocenters. The van der Waals surface area contributed by atoms with Gasteiger partial charge in [0.2, 0.25) is 0 Å². The molecule has 1 N–H and O–H groups in total. The van der Waals surface area contributed by atoms with Gasteiger partial charge in [-0.05, 0) is 50.3 Å². The minimum atomic E-state index is -0.855. The van der Waals surface area contributed by atoms with Gasteiger partial charge in [0, 0.05) is 27.5 Å². The summed E-state index contributed by atoms with van der Waals surface area (Å²) in [7, 11) is -0.732. The third kappa shape index (κ3) is 1.83. The normalized spacial score (nSPS) is 40.5. The standard InChI is InChI=1S/C13H17NO2S/c1-9-4-5-14-12(6-9)13(15)7-10-2-3-11(8-13)17(10)16/h4-6,10-11,15H,2-3,7-8H2,1H3. The molecule has 0 spiro atoms. The minimum Gasteiger partial charge on any atom is -0.383 e. The summed E-state index contributed by atoms with van der Waals surface area (Å²) in [5.74, 6) is 0. The van der Waals surface area contributed by atoms with Gasteiger partial charge in [0.05, 0.1) is 5.69 Å². The fourth-order valence-corrected chi connectivity index (χ4v) is 5.24. The van der Waals surface area contributed by atoms with Gasteiger partial charge >= 0.3 is 0 Å². The second-order valence-corrected chi connectivity index (χ2v) is 7.30. The zero-order valence-electron chi connectivity index (χ0n) is 9.93. The highest BCUT2D eigenvalue weighted by atomic mass is 32.2. The molecule has 3 heterocycles. The predicted octanol–water partition coefficient (Wildman–Crippen LogP) is 1.65. The van der Waals surface area contributed by atoms with Gasteiger partial charge in [-0.3, -0.25) is 9.19 Å². The van der Waals surface area contributed by atoms with Crippen LogP contribution >= 0.6 is 0 Å². The molecule has 2 fully saturated rings. The highest BCUT2D eigenvalue weighted by Gasteiger charge is 2.49. The van der Waals surface area contributed by atoms with E-state index in [2.05, 4.69) is 4.98 Å². The quantitative estimate of drug-likeness (QED) is 0.825. The maximum atomic E-state index is 12.0. The molecular formula is C13H17NO2S. The summed E-state index contributed by atoms with van der Waals surface area (Å²) in [6, 6.07) is 3.89. The van der Waals surface area contributed by atoms with Gasteiger partial charge in [0.1, 0.15) is 5.60 Å². The molecule has 2 bridgehead atoms. The first kappa shape index (κ1) is 11.4. The van der Waals surface area contributed by atoms with E-state index in [0.29, 0.717) is 12.8 Å². The number of fused-ring (bicyclic) bond motifs is 2. The summed E-state index contributed by atoms with van der Waals surface area (Å²) in [6.45, 7) is 2.00. The molecule has 2 aliphatic rings. The molecule has 0 radical (unpaired) electrons. The Hall–Kier alpha value is -0.740. The predicted molar refractivity (Wildman–Crippen MR) is 67.1 cm³/mol. The summed E-state index contributed by atoms with van der Waals surface area (Å²) in [6.07, 6.45) is 4.94. The first-order chi connectivity index (χ1) is 8.08. The lowest BCUT2D eigenvalue weighted by Gasteiger charge is -2.35. The van der Waals surface area contributed by atoms with E-state index < -0.39 is 16.4 Å². The minimum absolute atomic E-state index is 0.168. The second-order valence-electron chi connectivity index (χ2n) is 5.31. The molecule has 2 unspecified atom stereocenters. The van der Waals surface area contributed by atoms with Gasteiger partial charge in [-0.1, -0.05) is 0 Å². The number of aliphatic hydroxyl groups is 1. The smallest absolute Gasteiger partial charge is 0.109 e. The molecule has 2 aliphatic heterocycles. The largest absolute Gasteiger partial charge is 0.383 e. The molecule has 92 valence electrons. The molecule has 3 rings (SSSR count). The molecule has 3 nitrogen and oxygen atoms in total. The summed E-state index contributed by atoms with van der Waals surface area (Å²) in [5, 5.41) is 11.1. The van der Waals surface area contributed by atoms with Crippen LogP contribution in [0.1, 0.15) is 36.9 Å². The van der Waals surface area contributed by atoms with Crippen LogP contribution in [0.15, 0.2) is 18.3 Å². The molecule has 2 saturated heterocycles. The van der Waals surface area contributed by atoms with Crippen LogP contribution in [-0.2, 0) is 16.4 Å². The molecule has 17 heavy (non-hydrogen) atoms. The van der Waals surface area contributed by atoms with Gasteiger partial charge in [0.15, 0.2) is 0 Å². The van der Waals surface area contributed by atoms with E-state index in [1.54, 1.807) is 6.20 Å². The highest BCUT2D eigenvalue weighted by molar-refractivity contribution is 7.86. The highest BCUT2D eigenvalue weighted by Crippen LogP contribution is 2.45. The fraction of sp³-hybridized carbons (Fsp3) is 0.615. The fourth-order valence-electron chi connectivity index (χ4n) is 3.08. The van der Waals surface area contributed by atoms with Crippen LogP contribution < -0.4 is 0 Å². The van der Waals surface area contributed by atoms with Crippen molar-refractivity contribution in [2.24, 2.45) is 0 Å². The zero-order chi connectivity index (χ0) is 12.0. The summed E-state index contributed by atoms with van der Waals surface area (Å²) >= 11 is 0. The SMILES string of the molecule is Cc1ccnc(C2(O)CC3CCC(C2)S3=O)c1. The van der Waals surface area contributed by atoms with Crippen LogP contribution in [-0.4, -0.2) is 24.8 Å². The Morgan fingerprint density at radius 1 is 1.41 bits per heavy atom. The molecule has 0 amide bonds. The Morgan fingerprint density at radius 3 is 2.65 bits per heavy atom. The van der Waals surface area contributed by atoms with Gasteiger partial charge in [-0.25, -0.2) is 0 Å². The lowest BCUT2D eigenvalue weighted by atomic mass is 9.89. The Bertz CT molecular complexity index is 458. The summed E-state index contributed by atoms with van der Waals surface area (Å²) in [5.41, 5.74) is 1.01. The van der Waals surface area contributed by atoms with E-state index >= 15 is 0 Å². The van der Waals surface area contributed by atoms with Crippen molar-refractivity contribution < 1.29 is 9.32 Å². The van der Waals surface area contributed by atoms with Crippen LogP contribution in [0.2, 0.25) is 0 Å². The van der Waals surface area contributed by atoms with Crippen molar-refractivity contribution in [3.05, 3.63) is 29.6 Å². The molecule has 4 heteroatoms. The van der Waals surface area contributed by atoms with Gasteiger partial charge in [-0.2, -0.15) is 0 Å². The number of hydrogen-bond donors (Lipinski definition) is 1. The Labute approximate surface area is 104 Å². The Kier molecular flexibility index (Phi) is 2.60. The maximum Gasteiger partial charge on any atom is 0.109 e. The molecule has 0 saturated carbocycles. The average Bonchev–Trinajstić information content (AvgIpc) is 2.53. The molecule has 0 aliphatic carbocycles. The van der Waals surface area contributed by atoms with Crippen LogP contribution in [0.4, 0.5) is 0 Å². The van der Waals surface area contributed by atoms with Gasteiger partial charge < -0.3 is 5.11 Å². The third-order valence-corrected chi connectivity index (χ3v) is 6.11. The van der Waals surface area contributed by atoms with Crippen molar-refractivity contribution >= 4 is 10.8 Å². The van der Waals surface area contributed by atoms with Crippen molar-refractivity contribution in [2.45, 2.75) is 48.7 Å². The van der Waals surface area contributed by atoms with Gasteiger partial charge in [0.25, 0.3) is 0 Å². The van der Waals surface area contributed by atoms with Crippen molar-refractivity contribution in [1.29, 1.82) is 0 Å². The van der Waals surface area contributed by atoms with E-state index in [9.17, 15) is 9.32 Å². The lowest BCUT2D eigenvalue weighted by Crippen LogP contribution is -2.40. The van der Waals surface area contributed by atoms with E-state index in [1.807, 2.05) is 19.1 Å². The Morgan fingerprint density at radius 2 is 2.06 bits per heavy atom. The average molecular weight is 251 g/mol. The number of aryl methyl sites for hydroxylation is 1. The topological polar surface area (TPSA) is 50.2 Å². The van der Waals surface area contributed by atoms with E-state index in [1.165, 1.54) is 0 Å². The zero-order valence-corrected chi connectivity index (χ0v) is 10.7. The number of hydrogen-bond acceptors (Lipinski definition) is 3. The summed E-state index contributed by atoms with van der Waals surface area (Å²) < 4.78 is 12.0. The van der Waals surface area contributed by atoms with Crippen LogP contribution in [0.25, 0.3) is 0 Å². The summed E-state index contributed by atoms with van der Waals surface area (Å²) in [4.78, 5) is 4.31.